The summed E-state index contributed by atoms with van der Waals surface area (Å²) in [7, 11) is 0. The van der Waals surface area contributed by atoms with E-state index < -0.39 is 0 Å². The van der Waals surface area contributed by atoms with Gasteiger partial charge in [-0.3, -0.25) is 0 Å². The molecule has 0 N–H and O–H groups in total. The minimum Gasteiger partial charge on any atom is -0.0651 e. The standard InChI is InChI=1S/C10H21/c1-6-9(4)7-10(5)8(2)3/h8-10H,5-7H2,1-4H3. The maximum absolute atomic E-state index is 4.13. The first-order chi connectivity index (χ1) is 4.57. The molecule has 10 heavy (non-hydrogen) atoms. The minimum atomic E-state index is 0.648. The van der Waals surface area contributed by atoms with Crippen molar-refractivity contribution >= 4 is 0 Å². The van der Waals surface area contributed by atoms with Gasteiger partial charge >= 0.3 is 0 Å². The first-order valence-electron chi connectivity index (χ1n) is 4.41. The first-order valence-corrected chi connectivity index (χ1v) is 4.41. The fourth-order valence-electron chi connectivity index (χ4n) is 0.956. The second-order valence-corrected chi connectivity index (χ2v) is 3.75. The molecule has 0 aliphatic carbocycles. The van der Waals surface area contributed by atoms with Gasteiger partial charge in [0, 0.05) is 0 Å². The van der Waals surface area contributed by atoms with E-state index in [9.17, 15) is 0 Å². The van der Waals surface area contributed by atoms with Crippen LogP contribution in [0.25, 0.3) is 0 Å². The highest BCUT2D eigenvalue weighted by atomic mass is 14.2. The van der Waals surface area contributed by atoms with Gasteiger partial charge in [0.2, 0.25) is 0 Å². The summed E-state index contributed by atoms with van der Waals surface area (Å²) < 4.78 is 0. The highest BCUT2D eigenvalue weighted by Crippen LogP contribution is 2.20. The Morgan fingerprint density at radius 2 is 1.70 bits per heavy atom. The van der Waals surface area contributed by atoms with Gasteiger partial charge in [0.1, 0.15) is 0 Å². The van der Waals surface area contributed by atoms with Crippen molar-refractivity contribution in [3.63, 3.8) is 0 Å². The summed E-state index contributed by atoms with van der Waals surface area (Å²) in [6, 6.07) is 0. The topological polar surface area (TPSA) is 0 Å². The number of hydrogen-bond acceptors (Lipinski definition) is 0. The van der Waals surface area contributed by atoms with Crippen molar-refractivity contribution in [2.75, 3.05) is 0 Å². The Morgan fingerprint density at radius 1 is 1.20 bits per heavy atom. The molecule has 0 heteroatoms. The summed E-state index contributed by atoms with van der Waals surface area (Å²) in [5.74, 6) is 2.24. The van der Waals surface area contributed by atoms with E-state index in [1.54, 1.807) is 0 Å². The predicted octanol–water partition coefficient (Wildman–Crippen LogP) is 3.53. The van der Waals surface area contributed by atoms with Crippen LogP contribution in [0.3, 0.4) is 0 Å². The van der Waals surface area contributed by atoms with E-state index in [1.165, 1.54) is 12.8 Å². The fraction of sp³-hybridized carbons (Fsp3) is 0.900. The zero-order valence-electron chi connectivity index (χ0n) is 7.85. The molecular weight excluding hydrogens is 120 g/mol. The van der Waals surface area contributed by atoms with Crippen LogP contribution in [-0.2, 0) is 0 Å². The minimum absolute atomic E-state index is 0.648. The molecule has 0 nitrogen and oxygen atoms in total. The number of hydrogen-bond donors (Lipinski definition) is 0. The van der Waals surface area contributed by atoms with Gasteiger partial charge < -0.3 is 0 Å². The van der Waals surface area contributed by atoms with Gasteiger partial charge in [-0.2, -0.15) is 0 Å². The fourth-order valence-corrected chi connectivity index (χ4v) is 0.956. The zero-order chi connectivity index (χ0) is 8.15. The number of rotatable bonds is 4. The summed E-state index contributed by atoms with van der Waals surface area (Å²) in [6.07, 6.45) is 2.58. The van der Waals surface area contributed by atoms with Gasteiger partial charge in [-0.25, -0.2) is 0 Å². The molecule has 0 aromatic carbocycles. The van der Waals surface area contributed by atoms with E-state index in [0.29, 0.717) is 5.92 Å². The van der Waals surface area contributed by atoms with Gasteiger partial charge in [0.25, 0.3) is 0 Å². The summed E-state index contributed by atoms with van der Waals surface area (Å²) >= 11 is 0. The molecule has 2 unspecified atom stereocenters. The van der Waals surface area contributed by atoms with Crippen LogP contribution in [0.4, 0.5) is 0 Å². The first kappa shape index (κ1) is 10.0. The molecule has 0 rings (SSSR count). The van der Waals surface area contributed by atoms with Gasteiger partial charge in [-0.1, -0.05) is 34.1 Å². The average Bonchev–Trinajstić information content (AvgIpc) is 1.87. The Bertz CT molecular complexity index is 74.1. The normalized spacial score (nSPS) is 17.4. The van der Waals surface area contributed by atoms with Crippen LogP contribution >= 0.6 is 0 Å². The molecule has 0 aromatic rings. The molecule has 61 valence electrons. The lowest BCUT2D eigenvalue weighted by Gasteiger charge is -2.18. The zero-order valence-corrected chi connectivity index (χ0v) is 7.85. The highest BCUT2D eigenvalue weighted by molar-refractivity contribution is 4.67. The highest BCUT2D eigenvalue weighted by Gasteiger charge is 2.09. The molecule has 0 saturated carbocycles. The molecular formula is C10H21. The predicted molar refractivity (Wildman–Crippen MR) is 47.8 cm³/mol. The molecule has 2 atom stereocenters. The maximum Gasteiger partial charge on any atom is -0.0388 e. The Kier molecular flexibility index (Phi) is 4.76. The molecule has 1 radical (unpaired) electrons. The van der Waals surface area contributed by atoms with Crippen molar-refractivity contribution in [3.8, 4) is 0 Å². The van der Waals surface area contributed by atoms with Crippen molar-refractivity contribution in [2.45, 2.75) is 40.5 Å². The summed E-state index contributed by atoms with van der Waals surface area (Å²) in [4.78, 5) is 0. The van der Waals surface area contributed by atoms with Crippen LogP contribution in [0, 0.1) is 24.7 Å². The second kappa shape index (κ2) is 4.76. The summed E-state index contributed by atoms with van der Waals surface area (Å²) in [5.41, 5.74) is 0. The third-order valence-electron chi connectivity index (χ3n) is 2.34. The smallest absolute Gasteiger partial charge is 0.0388 e. The van der Waals surface area contributed by atoms with E-state index >= 15 is 0 Å². The monoisotopic (exact) mass is 141 g/mol. The lowest BCUT2D eigenvalue weighted by atomic mass is 9.88. The van der Waals surface area contributed by atoms with Gasteiger partial charge in [0.05, 0.1) is 0 Å². The van der Waals surface area contributed by atoms with E-state index in [2.05, 4.69) is 34.6 Å². The Labute approximate surface area is 66.0 Å². The van der Waals surface area contributed by atoms with Gasteiger partial charge in [-0.15, -0.1) is 0 Å². The molecule has 0 aliphatic rings. The SMILES string of the molecule is [CH2]C(CC(C)CC)C(C)C. The lowest BCUT2D eigenvalue weighted by molar-refractivity contribution is 0.357. The molecule has 0 amide bonds. The van der Waals surface area contributed by atoms with Crippen LogP contribution in [-0.4, -0.2) is 0 Å². The largest absolute Gasteiger partial charge is 0.0651 e. The molecule has 0 saturated heterocycles. The summed E-state index contributed by atoms with van der Waals surface area (Å²) in [6.45, 7) is 13.2. The van der Waals surface area contributed by atoms with Crippen molar-refractivity contribution in [2.24, 2.45) is 17.8 Å². The van der Waals surface area contributed by atoms with Crippen LogP contribution in [0.15, 0.2) is 0 Å². The molecule has 0 fully saturated rings. The molecule has 0 aromatic heterocycles. The van der Waals surface area contributed by atoms with E-state index in [0.717, 1.165) is 11.8 Å². The van der Waals surface area contributed by atoms with Gasteiger partial charge in [0.15, 0.2) is 0 Å². The van der Waals surface area contributed by atoms with E-state index in [-0.39, 0.29) is 0 Å². The van der Waals surface area contributed by atoms with Crippen LogP contribution in [0.5, 0.6) is 0 Å². The third kappa shape index (κ3) is 3.92. The van der Waals surface area contributed by atoms with Crippen molar-refractivity contribution in [1.29, 1.82) is 0 Å². The third-order valence-corrected chi connectivity index (χ3v) is 2.34. The maximum atomic E-state index is 4.13. The van der Waals surface area contributed by atoms with E-state index in [1.807, 2.05) is 0 Å². The van der Waals surface area contributed by atoms with Crippen LogP contribution in [0.1, 0.15) is 40.5 Å². The van der Waals surface area contributed by atoms with E-state index in [4.69, 9.17) is 0 Å². The Hall–Kier alpha value is 0. The average molecular weight is 141 g/mol. The Morgan fingerprint density at radius 3 is 2.00 bits per heavy atom. The molecule has 0 spiro atoms. The Balaban J connectivity index is 3.46. The van der Waals surface area contributed by atoms with Crippen molar-refractivity contribution in [1.82, 2.24) is 0 Å². The van der Waals surface area contributed by atoms with Crippen molar-refractivity contribution < 1.29 is 0 Å². The lowest BCUT2D eigenvalue weighted by Crippen LogP contribution is -2.08. The molecule has 0 heterocycles. The molecule has 0 bridgehead atoms. The quantitative estimate of drug-likeness (QED) is 0.562. The van der Waals surface area contributed by atoms with Gasteiger partial charge in [-0.05, 0) is 31.1 Å². The van der Waals surface area contributed by atoms with Crippen LogP contribution in [0.2, 0.25) is 0 Å². The molecule has 0 aliphatic heterocycles. The summed E-state index contributed by atoms with van der Waals surface area (Å²) in [5, 5.41) is 0. The van der Waals surface area contributed by atoms with Crippen molar-refractivity contribution in [3.05, 3.63) is 6.92 Å². The second-order valence-electron chi connectivity index (χ2n) is 3.75. The van der Waals surface area contributed by atoms with Crippen LogP contribution < -0.4 is 0 Å².